The summed E-state index contributed by atoms with van der Waals surface area (Å²) in [6, 6.07) is 12.2. The van der Waals surface area contributed by atoms with Crippen LogP contribution in [0.15, 0.2) is 36.4 Å². The monoisotopic (exact) mass is 289 g/mol. The van der Waals surface area contributed by atoms with Crippen molar-refractivity contribution in [2.75, 3.05) is 18.5 Å². The molecule has 0 atom stereocenters. The lowest BCUT2D eigenvalue weighted by Crippen LogP contribution is -2.18. The van der Waals surface area contributed by atoms with Crippen molar-refractivity contribution in [1.82, 2.24) is 4.98 Å². The van der Waals surface area contributed by atoms with E-state index in [4.69, 9.17) is 17.3 Å². The average molecular weight is 290 g/mol. The molecule has 1 aromatic carbocycles. The highest BCUT2D eigenvalue weighted by molar-refractivity contribution is 6.33. The van der Waals surface area contributed by atoms with Crippen LogP contribution in [0.1, 0.15) is 17.0 Å². The van der Waals surface area contributed by atoms with Crippen LogP contribution < -0.4 is 10.6 Å². The molecule has 1 aromatic heterocycles. The Morgan fingerprint density at radius 2 is 2.05 bits per heavy atom. The normalized spacial score (nSPS) is 10.6. The van der Waals surface area contributed by atoms with E-state index in [-0.39, 0.29) is 0 Å². The third kappa shape index (κ3) is 3.71. The summed E-state index contributed by atoms with van der Waals surface area (Å²) in [6.07, 6.45) is 0.850. The molecule has 0 aliphatic carbocycles. The van der Waals surface area contributed by atoms with Gasteiger partial charge in [0.2, 0.25) is 0 Å². The predicted molar refractivity (Wildman–Crippen MR) is 85.3 cm³/mol. The number of anilines is 1. The van der Waals surface area contributed by atoms with Crippen LogP contribution in [0.25, 0.3) is 0 Å². The molecular weight excluding hydrogens is 270 g/mol. The minimum absolute atomic E-state index is 0.638. The Labute approximate surface area is 125 Å². The zero-order valence-corrected chi connectivity index (χ0v) is 12.7. The van der Waals surface area contributed by atoms with Gasteiger partial charge in [0.05, 0.1) is 22.9 Å². The second-order valence-corrected chi connectivity index (χ2v) is 5.36. The lowest BCUT2D eigenvalue weighted by Gasteiger charge is -2.21. The Bertz CT molecular complexity index is 584. The fraction of sp³-hybridized carbons (Fsp3) is 0.312. The lowest BCUT2D eigenvalue weighted by atomic mass is 10.1. The molecule has 4 heteroatoms. The quantitative estimate of drug-likeness (QED) is 0.919. The van der Waals surface area contributed by atoms with E-state index in [1.54, 1.807) is 0 Å². The van der Waals surface area contributed by atoms with Crippen LogP contribution in [0.4, 0.5) is 5.69 Å². The van der Waals surface area contributed by atoms with Crippen molar-refractivity contribution in [3.05, 3.63) is 58.4 Å². The number of halogens is 1. The number of rotatable bonds is 5. The van der Waals surface area contributed by atoms with Crippen molar-refractivity contribution in [2.45, 2.75) is 19.9 Å². The summed E-state index contributed by atoms with van der Waals surface area (Å²) < 4.78 is 0. The van der Waals surface area contributed by atoms with Gasteiger partial charge < -0.3 is 10.6 Å². The van der Waals surface area contributed by atoms with Crippen molar-refractivity contribution >= 4 is 17.3 Å². The van der Waals surface area contributed by atoms with E-state index in [9.17, 15) is 0 Å². The van der Waals surface area contributed by atoms with Gasteiger partial charge in [-0.2, -0.15) is 0 Å². The van der Waals surface area contributed by atoms with Gasteiger partial charge in [-0.15, -0.1) is 0 Å². The van der Waals surface area contributed by atoms with Gasteiger partial charge in [-0.3, -0.25) is 4.98 Å². The van der Waals surface area contributed by atoms with Crippen LogP contribution in [0.5, 0.6) is 0 Å². The standard InChI is InChI=1S/C16H20ClN3/c1-12-4-3-5-14(19-12)11-20(2)16-7-6-13(8-9-18)10-15(16)17/h3-7,10H,8-9,11,18H2,1-2H3. The lowest BCUT2D eigenvalue weighted by molar-refractivity contribution is 0.875. The number of aryl methyl sites for hydroxylation is 1. The van der Waals surface area contributed by atoms with Crippen LogP contribution in [0.3, 0.4) is 0 Å². The van der Waals surface area contributed by atoms with Gasteiger partial charge in [-0.25, -0.2) is 0 Å². The number of hydrogen-bond acceptors (Lipinski definition) is 3. The first-order valence-electron chi connectivity index (χ1n) is 6.72. The molecule has 106 valence electrons. The number of pyridine rings is 1. The molecule has 0 amide bonds. The number of nitrogens with two attached hydrogens (primary N) is 1. The molecule has 0 aliphatic rings. The molecule has 0 bridgehead atoms. The van der Waals surface area contributed by atoms with Crippen LogP contribution in [-0.4, -0.2) is 18.6 Å². The van der Waals surface area contributed by atoms with Crippen molar-refractivity contribution in [1.29, 1.82) is 0 Å². The molecule has 0 saturated carbocycles. The third-order valence-electron chi connectivity index (χ3n) is 3.20. The van der Waals surface area contributed by atoms with Crippen LogP contribution >= 0.6 is 11.6 Å². The fourth-order valence-corrected chi connectivity index (χ4v) is 2.55. The van der Waals surface area contributed by atoms with Gasteiger partial charge in [0.15, 0.2) is 0 Å². The smallest absolute Gasteiger partial charge is 0.0642 e. The molecule has 0 unspecified atom stereocenters. The number of aromatic nitrogens is 1. The second-order valence-electron chi connectivity index (χ2n) is 4.95. The summed E-state index contributed by atoms with van der Waals surface area (Å²) in [7, 11) is 2.02. The summed E-state index contributed by atoms with van der Waals surface area (Å²) in [5.74, 6) is 0. The Morgan fingerprint density at radius 1 is 1.25 bits per heavy atom. The van der Waals surface area contributed by atoms with Crippen molar-refractivity contribution in [3.63, 3.8) is 0 Å². The Balaban J connectivity index is 2.14. The van der Waals surface area contributed by atoms with Crippen LogP contribution in [-0.2, 0) is 13.0 Å². The van der Waals surface area contributed by atoms with E-state index in [1.807, 2.05) is 44.3 Å². The van der Waals surface area contributed by atoms with E-state index < -0.39 is 0 Å². The van der Waals surface area contributed by atoms with Gasteiger partial charge in [-0.05, 0) is 49.7 Å². The maximum atomic E-state index is 6.35. The Kier molecular flexibility index (Phi) is 4.99. The molecule has 0 saturated heterocycles. The van der Waals surface area contributed by atoms with Crippen LogP contribution in [0, 0.1) is 6.92 Å². The third-order valence-corrected chi connectivity index (χ3v) is 3.50. The fourth-order valence-electron chi connectivity index (χ4n) is 2.20. The summed E-state index contributed by atoms with van der Waals surface area (Å²) in [6.45, 7) is 3.37. The van der Waals surface area contributed by atoms with Crippen molar-refractivity contribution in [3.8, 4) is 0 Å². The molecule has 0 radical (unpaired) electrons. The summed E-state index contributed by atoms with van der Waals surface area (Å²) in [4.78, 5) is 6.62. The topological polar surface area (TPSA) is 42.1 Å². The maximum absolute atomic E-state index is 6.35. The summed E-state index contributed by atoms with van der Waals surface area (Å²) >= 11 is 6.35. The number of hydrogen-bond donors (Lipinski definition) is 1. The summed E-state index contributed by atoms with van der Waals surface area (Å²) in [5, 5.41) is 0.756. The van der Waals surface area contributed by atoms with Gasteiger partial charge in [0.25, 0.3) is 0 Å². The van der Waals surface area contributed by atoms with E-state index >= 15 is 0 Å². The minimum Gasteiger partial charge on any atom is -0.367 e. The van der Waals surface area contributed by atoms with E-state index in [2.05, 4.69) is 16.0 Å². The van der Waals surface area contributed by atoms with Gasteiger partial charge in [-0.1, -0.05) is 23.7 Å². The Morgan fingerprint density at radius 3 is 2.70 bits per heavy atom. The zero-order chi connectivity index (χ0) is 14.5. The van der Waals surface area contributed by atoms with Crippen LogP contribution in [0.2, 0.25) is 5.02 Å². The highest BCUT2D eigenvalue weighted by Gasteiger charge is 2.08. The van der Waals surface area contributed by atoms with Gasteiger partial charge in [0, 0.05) is 12.7 Å². The molecule has 2 rings (SSSR count). The molecule has 1 heterocycles. The second kappa shape index (κ2) is 6.73. The first-order chi connectivity index (χ1) is 9.60. The minimum atomic E-state index is 0.638. The molecule has 0 aliphatic heterocycles. The Hall–Kier alpha value is -1.58. The molecule has 0 fully saturated rings. The molecule has 2 N–H and O–H groups in total. The van der Waals surface area contributed by atoms with Crippen molar-refractivity contribution < 1.29 is 0 Å². The highest BCUT2D eigenvalue weighted by Crippen LogP contribution is 2.27. The van der Waals surface area contributed by atoms with E-state index in [0.29, 0.717) is 6.54 Å². The molecule has 0 spiro atoms. The number of benzene rings is 1. The molecular formula is C16H20ClN3. The van der Waals surface area contributed by atoms with E-state index in [0.717, 1.165) is 35.1 Å². The maximum Gasteiger partial charge on any atom is 0.0642 e. The van der Waals surface area contributed by atoms with Gasteiger partial charge >= 0.3 is 0 Å². The highest BCUT2D eigenvalue weighted by atomic mass is 35.5. The molecule has 20 heavy (non-hydrogen) atoms. The summed E-state index contributed by atoms with van der Waals surface area (Å²) in [5.41, 5.74) is 9.81. The SMILES string of the molecule is Cc1cccc(CN(C)c2ccc(CCN)cc2Cl)n1. The zero-order valence-electron chi connectivity index (χ0n) is 11.9. The first kappa shape index (κ1) is 14.8. The largest absolute Gasteiger partial charge is 0.367 e. The molecule has 2 aromatic rings. The average Bonchev–Trinajstić information content (AvgIpc) is 2.39. The van der Waals surface area contributed by atoms with Gasteiger partial charge in [0.1, 0.15) is 0 Å². The number of nitrogens with zero attached hydrogens (tertiary/aromatic N) is 2. The van der Waals surface area contributed by atoms with E-state index in [1.165, 1.54) is 5.56 Å². The molecule has 3 nitrogen and oxygen atoms in total. The van der Waals surface area contributed by atoms with Crippen molar-refractivity contribution in [2.24, 2.45) is 5.73 Å². The predicted octanol–water partition coefficient (Wildman–Crippen LogP) is 3.18. The first-order valence-corrected chi connectivity index (χ1v) is 7.10.